The predicted molar refractivity (Wildman–Crippen MR) is 75.2 cm³/mol. The molecule has 0 bridgehead atoms. The number of hydrogen-bond acceptors (Lipinski definition) is 2. The fraction of sp³-hybridized carbons (Fsp3) is 0.429. The minimum absolute atomic E-state index is 0.0522. The summed E-state index contributed by atoms with van der Waals surface area (Å²) < 4.78 is 0. The van der Waals surface area contributed by atoms with Crippen LogP contribution in [-0.2, 0) is 9.59 Å². The number of aryl methyl sites for hydroxylation is 1. The van der Waals surface area contributed by atoms with Crippen LogP contribution >= 0.6 is 11.6 Å². The minimum Gasteiger partial charge on any atom is -0.333 e. The Hall–Kier alpha value is -1.55. The van der Waals surface area contributed by atoms with Crippen LogP contribution in [0.15, 0.2) is 18.2 Å². The molecular weight excluding hydrogens is 264 g/mol. The molecule has 2 rings (SSSR count). The molecule has 0 radical (unpaired) electrons. The maximum atomic E-state index is 11.9. The Morgan fingerprint density at radius 1 is 1.42 bits per heavy atom. The number of rotatable bonds is 3. The van der Waals surface area contributed by atoms with E-state index in [1.807, 2.05) is 13.0 Å². The number of carbonyl (C=O) groups excluding carboxylic acids is 2. The van der Waals surface area contributed by atoms with Crippen molar-refractivity contribution >= 4 is 29.1 Å². The molecule has 1 fully saturated rings. The quantitative estimate of drug-likeness (QED) is 0.925. The van der Waals surface area contributed by atoms with E-state index in [2.05, 4.69) is 5.32 Å². The zero-order valence-electron chi connectivity index (χ0n) is 10.9. The third kappa shape index (κ3) is 3.70. The van der Waals surface area contributed by atoms with E-state index in [-0.39, 0.29) is 18.4 Å². The zero-order valence-corrected chi connectivity index (χ0v) is 11.7. The van der Waals surface area contributed by atoms with Gasteiger partial charge in [-0.3, -0.25) is 9.59 Å². The van der Waals surface area contributed by atoms with Crippen molar-refractivity contribution in [2.75, 3.05) is 18.4 Å². The van der Waals surface area contributed by atoms with Crippen molar-refractivity contribution in [2.45, 2.75) is 26.2 Å². The molecule has 1 aliphatic rings. The number of carbonyl (C=O) groups is 2. The molecule has 1 saturated heterocycles. The third-order valence-corrected chi connectivity index (χ3v) is 3.47. The van der Waals surface area contributed by atoms with Crippen LogP contribution in [0, 0.1) is 6.92 Å². The highest BCUT2D eigenvalue weighted by molar-refractivity contribution is 6.33. The average Bonchev–Trinajstić information content (AvgIpc) is 2.36. The molecule has 1 aromatic carbocycles. The normalized spacial score (nSPS) is 15.5. The van der Waals surface area contributed by atoms with Gasteiger partial charge in [0.2, 0.25) is 11.8 Å². The van der Waals surface area contributed by atoms with Crippen LogP contribution in [0.2, 0.25) is 5.02 Å². The van der Waals surface area contributed by atoms with Gasteiger partial charge < -0.3 is 10.2 Å². The molecule has 0 saturated carbocycles. The lowest BCUT2D eigenvalue weighted by Gasteiger charge is -2.26. The molecule has 0 aliphatic carbocycles. The van der Waals surface area contributed by atoms with Gasteiger partial charge in [-0.1, -0.05) is 17.7 Å². The van der Waals surface area contributed by atoms with Gasteiger partial charge >= 0.3 is 0 Å². The molecule has 1 aliphatic heterocycles. The van der Waals surface area contributed by atoms with Gasteiger partial charge in [-0.25, -0.2) is 0 Å². The molecule has 0 spiro atoms. The van der Waals surface area contributed by atoms with E-state index in [9.17, 15) is 9.59 Å². The van der Waals surface area contributed by atoms with Gasteiger partial charge in [-0.05, 0) is 37.5 Å². The maximum Gasteiger partial charge on any atom is 0.244 e. The van der Waals surface area contributed by atoms with Gasteiger partial charge in [0, 0.05) is 13.0 Å². The van der Waals surface area contributed by atoms with Crippen molar-refractivity contribution < 1.29 is 9.59 Å². The number of likely N-dealkylation sites (tertiary alicyclic amines) is 1. The van der Waals surface area contributed by atoms with Crippen molar-refractivity contribution in [3.63, 3.8) is 0 Å². The molecule has 0 atom stereocenters. The molecular formula is C14H17ClN2O2. The molecule has 19 heavy (non-hydrogen) atoms. The van der Waals surface area contributed by atoms with Crippen molar-refractivity contribution in [2.24, 2.45) is 0 Å². The number of benzene rings is 1. The Morgan fingerprint density at radius 2 is 2.21 bits per heavy atom. The molecule has 1 heterocycles. The van der Waals surface area contributed by atoms with Gasteiger partial charge in [0.1, 0.15) is 0 Å². The van der Waals surface area contributed by atoms with Crippen LogP contribution < -0.4 is 5.32 Å². The first-order chi connectivity index (χ1) is 9.06. The SMILES string of the molecule is Cc1ccc(NC(=O)CN2CCCCC2=O)c(Cl)c1. The fourth-order valence-electron chi connectivity index (χ4n) is 2.11. The third-order valence-electron chi connectivity index (χ3n) is 3.15. The largest absolute Gasteiger partial charge is 0.333 e. The summed E-state index contributed by atoms with van der Waals surface area (Å²) in [5, 5.41) is 3.25. The number of anilines is 1. The highest BCUT2D eigenvalue weighted by Crippen LogP contribution is 2.22. The molecule has 102 valence electrons. The molecule has 2 amide bonds. The Morgan fingerprint density at radius 3 is 2.89 bits per heavy atom. The molecule has 4 nitrogen and oxygen atoms in total. The summed E-state index contributed by atoms with van der Waals surface area (Å²) in [6.45, 7) is 2.70. The topological polar surface area (TPSA) is 49.4 Å². The standard InChI is InChI=1S/C14H17ClN2O2/c1-10-5-6-12(11(15)8-10)16-13(18)9-17-7-3-2-4-14(17)19/h5-6,8H,2-4,7,9H2,1H3,(H,16,18). The van der Waals surface area contributed by atoms with Crippen LogP contribution in [0.4, 0.5) is 5.69 Å². The predicted octanol–water partition coefficient (Wildman–Crippen LogP) is 2.60. The van der Waals surface area contributed by atoms with Gasteiger partial charge in [0.05, 0.1) is 17.3 Å². The van der Waals surface area contributed by atoms with E-state index in [0.717, 1.165) is 18.4 Å². The van der Waals surface area contributed by atoms with Crippen LogP contribution in [0.5, 0.6) is 0 Å². The summed E-state index contributed by atoms with van der Waals surface area (Å²) in [6, 6.07) is 5.45. The summed E-state index contributed by atoms with van der Waals surface area (Å²) in [6.07, 6.45) is 2.42. The number of nitrogens with one attached hydrogen (secondary N) is 1. The lowest BCUT2D eigenvalue weighted by molar-refractivity contribution is -0.136. The average molecular weight is 281 g/mol. The van der Waals surface area contributed by atoms with E-state index < -0.39 is 0 Å². The lowest BCUT2D eigenvalue weighted by Crippen LogP contribution is -2.40. The minimum atomic E-state index is -0.207. The highest BCUT2D eigenvalue weighted by Gasteiger charge is 2.20. The first-order valence-electron chi connectivity index (χ1n) is 6.40. The second kappa shape index (κ2) is 6.06. The number of amides is 2. The Labute approximate surface area is 117 Å². The van der Waals surface area contributed by atoms with Crippen molar-refractivity contribution in [3.05, 3.63) is 28.8 Å². The van der Waals surface area contributed by atoms with E-state index in [1.54, 1.807) is 17.0 Å². The zero-order chi connectivity index (χ0) is 13.8. The van der Waals surface area contributed by atoms with E-state index in [1.165, 1.54) is 0 Å². The second-order valence-electron chi connectivity index (χ2n) is 4.80. The summed E-state index contributed by atoms with van der Waals surface area (Å²) >= 11 is 6.05. The summed E-state index contributed by atoms with van der Waals surface area (Å²) in [7, 11) is 0. The lowest BCUT2D eigenvalue weighted by atomic mass is 10.1. The monoisotopic (exact) mass is 280 g/mol. The van der Waals surface area contributed by atoms with Crippen LogP contribution in [0.1, 0.15) is 24.8 Å². The Bertz CT molecular complexity index is 502. The Kier molecular flexibility index (Phi) is 4.43. The van der Waals surface area contributed by atoms with Crippen molar-refractivity contribution in [3.8, 4) is 0 Å². The van der Waals surface area contributed by atoms with E-state index in [4.69, 9.17) is 11.6 Å². The number of halogens is 1. The molecule has 0 unspecified atom stereocenters. The number of hydrogen-bond donors (Lipinski definition) is 1. The van der Waals surface area contributed by atoms with Gasteiger partial charge in [-0.2, -0.15) is 0 Å². The first-order valence-corrected chi connectivity index (χ1v) is 6.78. The molecule has 5 heteroatoms. The fourth-order valence-corrected chi connectivity index (χ4v) is 2.40. The van der Waals surface area contributed by atoms with E-state index >= 15 is 0 Å². The number of piperidine rings is 1. The molecule has 1 N–H and O–H groups in total. The highest BCUT2D eigenvalue weighted by atomic mass is 35.5. The van der Waals surface area contributed by atoms with Gasteiger partial charge in [0.25, 0.3) is 0 Å². The smallest absolute Gasteiger partial charge is 0.244 e. The van der Waals surface area contributed by atoms with Crippen molar-refractivity contribution in [1.82, 2.24) is 4.90 Å². The molecule has 1 aromatic rings. The first kappa shape index (κ1) is 13.9. The van der Waals surface area contributed by atoms with Gasteiger partial charge in [-0.15, -0.1) is 0 Å². The molecule has 0 aromatic heterocycles. The van der Waals surface area contributed by atoms with Crippen molar-refractivity contribution in [1.29, 1.82) is 0 Å². The van der Waals surface area contributed by atoms with E-state index in [0.29, 0.717) is 23.7 Å². The Balaban J connectivity index is 1.95. The van der Waals surface area contributed by atoms with Gasteiger partial charge in [0.15, 0.2) is 0 Å². The van der Waals surface area contributed by atoms with Crippen LogP contribution in [0.3, 0.4) is 0 Å². The summed E-state index contributed by atoms with van der Waals surface area (Å²) in [5.41, 5.74) is 1.62. The van der Waals surface area contributed by atoms with Crippen LogP contribution in [-0.4, -0.2) is 29.8 Å². The maximum absolute atomic E-state index is 11.9. The number of nitrogens with zero attached hydrogens (tertiary/aromatic N) is 1. The second-order valence-corrected chi connectivity index (χ2v) is 5.21. The van der Waals surface area contributed by atoms with Crippen LogP contribution in [0.25, 0.3) is 0 Å². The summed E-state index contributed by atoms with van der Waals surface area (Å²) in [5.74, 6) is -0.155. The summed E-state index contributed by atoms with van der Waals surface area (Å²) in [4.78, 5) is 25.1.